The standard InChI is InChI=1S/C21H21NO3/c1-25-14-8-6-13(7-9-14)22-20(23)18-15-10-11-16(19(18)21(22)24)17(15)12-4-2-3-5-12/h6-11,15-16,18-19H,2-5H2,1H3/t15-,16+,18-,19-/m0/s1. The molecule has 0 aromatic heterocycles. The number of rotatable bonds is 2. The van der Waals surface area contributed by atoms with Crippen molar-refractivity contribution in [1.29, 1.82) is 0 Å². The Kier molecular flexibility index (Phi) is 3.18. The van der Waals surface area contributed by atoms with Crippen molar-refractivity contribution in [2.24, 2.45) is 23.7 Å². The van der Waals surface area contributed by atoms with Gasteiger partial charge < -0.3 is 4.74 Å². The van der Waals surface area contributed by atoms with Gasteiger partial charge in [0, 0.05) is 11.8 Å². The molecule has 25 heavy (non-hydrogen) atoms. The maximum absolute atomic E-state index is 13.1. The highest BCUT2D eigenvalue weighted by molar-refractivity contribution is 6.23. The van der Waals surface area contributed by atoms with Gasteiger partial charge in [-0.1, -0.05) is 23.3 Å². The number of benzene rings is 1. The van der Waals surface area contributed by atoms with Gasteiger partial charge in [-0.15, -0.1) is 0 Å². The lowest BCUT2D eigenvalue weighted by Gasteiger charge is -2.20. The highest BCUT2D eigenvalue weighted by Gasteiger charge is 2.62. The summed E-state index contributed by atoms with van der Waals surface area (Å²) in [6.45, 7) is 0. The van der Waals surface area contributed by atoms with Crippen LogP contribution in [0, 0.1) is 23.7 Å². The molecule has 2 amide bonds. The Hall–Kier alpha value is -2.36. The van der Waals surface area contributed by atoms with Crippen molar-refractivity contribution in [3.05, 3.63) is 47.6 Å². The first-order chi connectivity index (χ1) is 12.2. The first-order valence-electron chi connectivity index (χ1n) is 9.12. The first kappa shape index (κ1) is 14.9. The summed E-state index contributed by atoms with van der Waals surface area (Å²) in [5.74, 6) is 0.533. The number of ether oxygens (including phenoxy) is 1. The SMILES string of the molecule is COc1ccc(N2C(=O)[C@@H]3[C@@H](C2=O)[C@H]2C=C[C@@H]3C2=C2CCCC2)cc1. The predicted molar refractivity (Wildman–Crippen MR) is 94.1 cm³/mol. The molecule has 1 aromatic rings. The minimum atomic E-state index is -0.201. The van der Waals surface area contributed by atoms with Crippen LogP contribution in [0.1, 0.15) is 25.7 Å². The van der Waals surface area contributed by atoms with Gasteiger partial charge in [0.05, 0.1) is 24.6 Å². The second-order valence-corrected chi connectivity index (χ2v) is 7.46. The quantitative estimate of drug-likeness (QED) is 0.614. The van der Waals surface area contributed by atoms with Crippen molar-refractivity contribution >= 4 is 17.5 Å². The number of carbonyl (C=O) groups excluding carboxylic acids is 2. The number of imide groups is 1. The number of anilines is 1. The van der Waals surface area contributed by atoms with Gasteiger partial charge in [-0.05, 0) is 49.9 Å². The van der Waals surface area contributed by atoms with E-state index in [1.807, 2.05) is 0 Å². The number of hydrogen-bond acceptors (Lipinski definition) is 3. The maximum Gasteiger partial charge on any atom is 0.238 e. The van der Waals surface area contributed by atoms with Crippen LogP contribution in [0.2, 0.25) is 0 Å². The highest BCUT2D eigenvalue weighted by atomic mass is 16.5. The number of carbonyl (C=O) groups is 2. The van der Waals surface area contributed by atoms with Crippen LogP contribution in [0.15, 0.2) is 47.6 Å². The predicted octanol–water partition coefficient (Wildman–Crippen LogP) is 3.49. The van der Waals surface area contributed by atoms with Crippen molar-refractivity contribution in [2.45, 2.75) is 25.7 Å². The van der Waals surface area contributed by atoms with Crippen LogP contribution in [0.4, 0.5) is 5.69 Å². The average molecular weight is 335 g/mol. The largest absolute Gasteiger partial charge is 0.497 e. The Morgan fingerprint density at radius 2 is 1.48 bits per heavy atom. The highest BCUT2D eigenvalue weighted by Crippen LogP contribution is 2.58. The topological polar surface area (TPSA) is 46.6 Å². The van der Waals surface area contributed by atoms with E-state index in [0.29, 0.717) is 5.69 Å². The lowest BCUT2D eigenvalue weighted by Crippen LogP contribution is -2.33. The maximum atomic E-state index is 13.1. The second kappa shape index (κ2) is 5.32. The number of fused-ring (bicyclic) bond motifs is 5. The van der Waals surface area contributed by atoms with E-state index in [1.54, 1.807) is 31.4 Å². The molecule has 4 aliphatic rings. The summed E-state index contributed by atoms with van der Waals surface area (Å²) in [6.07, 6.45) is 9.13. The van der Waals surface area contributed by atoms with Gasteiger partial charge in [0.1, 0.15) is 5.75 Å². The van der Waals surface area contributed by atoms with Crippen LogP contribution < -0.4 is 9.64 Å². The van der Waals surface area contributed by atoms with Crippen LogP contribution in [0.5, 0.6) is 5.75 Å². The summed E-state index contributed by atoms with van der Waals surface area (Å²) in [6, 6.07) is 7.17. The normalized spacial score (nSPS) is 32.9. The molecular formula is C21H21NO3. The van der Waals surface area contributed by atoms with Crippen LogP contribution >= 0.6 is 0 Å². The van der Waals surface area contributed by atoms with Gasteiger partial charge in [-0.3, -0.25) is 9.59 Å². The first-order valence-corrected chi connectivity index (χ1v) is 9.12. The van der Waals surface area contributed by atoms with Crippen LogP contribution in [0.25, 0.3) is 0 Å². The third kappa shape index (κ3) is 1.94. The Balaban J connectivity index is 1.51. The van der Waals surface area contributed by atoms with Crippen molar-refractivity contribution < 1.29 is 14.3 Å². The summed E-state index contributed by atoms with van der Waals surface area (Å²) in [5, 5.41) is 0. The molecule has 3 aliphatic carbocycles. The zero-order valence-corrected chi connectivity index (χ0v) is 14.3. The molecule has 0 unspecified atom stereocenters. The zero-order valence-electron chi connectivity index (χ0n) is 14.3. The molecule has 0 spiro atoms. The molecule has 3 fully saturated rings. The molecule has 4 nitrogen and oxygen atoms in total. The number of nitrogens with zero attached hydrogens (tertiary/aromatic N) is 1. The van der Waals surface area contributed by atoms with Crippen molar-refractivity contribution in [1.82, 2.24) is 0 Å². The Morgan fingerprint density at radius 3 is 2.00 bits per heavy atom. The molecule has 2 saturated carbocycles. The average Bonchev–Trinajstić information content (AvgIpc) is 3.38. The molecule has 4 heteroatoms. The smallest absolute Gasteiger partial charge is 0.238 e. The lowest BCUT2D eigenvalue weighted by molar-refractivity contribution is -0.122. The van der Waals surface area contributed by atoms with Gasteiger partial charge in [-0.25, -0.2) is 4.90 Å². The summed E-state index contributed by atoms with van der Waals surface area (Å²) in [7, 11) is 1.60. The van der Waals surface area contributed by atoms with Crippen LogP contribution in [-0.2, 0) is 9.59 Å². The van der Waals surface area contributed by atoms with Crippen LogP contribution in [-0.4, -0.2) is 18.9 Å². The fourth-order valence-electron chi connectivity index (χ4n) is 5.31. The summed E-state index contributed by atoms with van der Waals surface area (Å²) >= 11 is 0. The second-order valence-electron chi connectivity index (χ2n) is 7.46. The molecule has 5 rings (SSSR count). The van der Waals surface area contributed by atoms with Gasteiger partial charge in [0.2, 0.25) is 11.8 Å². The number of methoxy groups -OCH3 is 1. The van der Waals surface area contributed by atoms with E-state index < -0.39 is 0 Å². The van der Waals surface area contributed by atoms with Gasteiger partial charge in [-0.2, -0.15) is 0 Å². The monoisotopic (exact) mass is 335 g/mol. The summed E-state index contributed by atoms with van der Waals surface area (Å²) < 4.78 is 5.17. The molecule has 1 heterocycles. The van der Waals surface area contributed by atoms with E-state index in [1.165, 1.54) is 28.9 Å². The number of hydrogen-bond donors (Lipinski definition) is 0. The van der Waals surface area contributed by atoms with Crippen molar-refractivity contribution in [3.8, 4) is 5.75 Å². The minimum absolute atomic E-state index is 0.0342. The third-order valence-corrected chi connectivity index (χ3v) is 6.36. The number of allylic oxidation sites excluding steroid dienone is 4. The molecule has 4 atom stereocenters. The van der Waals surface area contributed by atoms with E-state index in [-0.39, 0.29) is 35.5 Å². The van der Waals surface area contributed by atoms with E-state index >= 15 is 0 Å². The van der Waals surface area contributed by atoms with Crippen LogP contribution in [0.3, 0.4) is 0 Å². The zero-order chi connectivity index (χ0) is 17.1. The Bertz CT molecular complexity index is 778. The Labute approximate surface area is 147 Å². The summed E-state index contributed by atoms with van der Waals surface area (Å²) in [5.41, 5.74) is 3.58. The molecular weight excluding hydrogens is 314 g/mol. The van der Waals surface area contributed by atoms with Crippen molar-refractivity contribution in [2.75, 3.05) is 12.0 Å². The molecule has 2 bridgehead atoms. The van der Waals surface area contributed by atoms with Gasteiger partial charge >= 0.3 is 0 Å². The number of amides is 2. The van der Waals surface area contributed by atoms with Gasteiger partial charge in [0.15, 0.2) is 0 Å². The molecule has 1 saturated heterocycles. The lowest BCUT2D eigenvalue weighted by atomic mass is 9.85. The molecule has 0 radical (unpaired) electrons. The van der Waals surface area contributed by atoms with Gasteiger partial charge in [0.25, 0.3) is 0 Å². The van der Waals surface area contributed by atoms with E-state index in [4.69, 9.17) is 4.74 Å². The van der Waals surface area contributed by atoms with E-state index in [2.05, 4.69) is 12.2 Å². The molecule has 0 N–H and O–H groups in total. The van der Waals surface area contributed by atoms with Crippen molar-refractivity contribution in [3.63, 3.8) is 0 Å². The fourth-order valence-corrected chi connectivity index (χ4v) is 5.31. The van der Waals surface area contributed by atoms with E-state index in [0.717, 1.165) is 18.6 Å². The molecule has 128 valence electrons. The third-order valence-electron chi connectivity index (χ3n) is 6.36. The molecule has 1 aromatic carbocycles. The Morgan fingerprint density at radius 1 is 0.920 bits per heavy atom. The summed E-state index contributed by atoms with van der Waals surface area (Å²) in [4.78, 5) is 27.6. The van der Waals surface area contributed by atoms with E-state index in [9.17, 15) is 9.59 Å². The fraction of sp³-hybridized carbons (Fsp3) is 0.429. The minimum Gasteiger partial charge on any atom is -0.497 e. The molecule has 1 aliphatic heterocycles.